The van der Waals surface area contributed by atoms with Gasteiger partial charge in [0.1, 0.15) is 6.29 Å². The Labute approximate surface area is 144 Å². The SMILES string of the molecule is Cc1ccc(C(C=O)C(=O)C(C)Cc2ccc(C(C)C)cc2)cc1. The van der Waals surface area contributed by atoms with Crippen LogP contribution in [0, 0.1) is 12.8 Å². The van der Waals surface area contributed by atoms with Crippen LogP contribution in [-0.4, -0.2) is 12.1 Å². The predicted octanol–water partition coefficient (Wildman–Crippen LogP) is 4.85. The Morgan fingerprint density at radius 2 is 1.46 bits per heavy atom. The molecule has 0 bridgehead atoms. The minimum atomic E-state index is -0.671. The van der Waals surface area contributed by atoms with Crippen molar-refractivity contribution in [3.63, 3.8) is 0 Å². The van der Waals surface area contributed by atoms with Crippen molar-refractivity contribution in [1.29, 1.82) is 0 Å². The first kappa shape index (κ1) is 18.1. The van der Waals surface area contributed by atoms with Gasteiger partial charge in [-0.2, -0.15) is 0 Å². The molecular formula is C22H26O2. The van der Waals surface area contributed by atoms with Gasteiger partial charge in [0.25, 0.3) is 0 Å². The quantitative estimate of drug-likeness (QED) is 0.539. The molecule has 2 atom stereocenters. The molecule has 0 heterocycles. The highest BCUT2D eigenvalue weighted by Crippen LogP contribution is 2.22. The monoisotopic (exact) mass is 322 g/mol. The second kappa shape index (κ2) is 8.05. The summed E-state index contributed by atoms with van der Waals surface area (Å²) in [7, 11) is 0. The molecule has 0 radical (unpaired) electrons. The van der Waals surface area contributed by atoms with Crippen molar-refractivity contribution in [2.45, 2.75) is 46.0 Å². The van der Waals surface area contributed by atoms with E-state index in [0.717, 1.165) is 23.0 Å². The summed E-state index contributed by atoms with van der Waals surface area (Å²) < 4.78 is 0. The number of rotatable bonds is 7. The third kappa shape index (κ3) is 4.41. The van der Waals surface area contributed by atoms with Crippen LogP contribution in [0.3, 0.4) is 0 Å². The van der Waals surface area contributed by atoms with Gasteiger partial charge < -0.3 is 4.79 Å². The van der Waals surface area contributed by atoms with Crippen LogP contribution in [0.2, 0.25) is 0 Å². The van der Waals surface area contributed by atoms with E-state index in [2.05, 4.69) is 38.1 Å². The highest BCUT2D eigenvalue weighted by Gasteiger charge is 2.25. The number of ketones is 1. The minimum absolute atomic E-state index is 0.0122. The third-order valence-electron chi connectivity index (χ3n) is 4.55. The van der Waals surface area contributed by atoms with Crippen molar-refractivity contribution in [2.75, 3.05) is 0 Å². The zero-order chi connectivity index (χ0) is 17.7. The fourth-order valence-electron chi connectivity index (χ4n) is 2.88. The second-order valence-electron chi connectivity index (χ2n) is 6.93. The summed E-state index contributed by atoms with van der Waals surface area (Å²) in [6.45, 7) is 8.23. The van der Waals surface area contributed by atoms with Crippen LogP contribution in [0.15, 0.2) is 48.5 Å². The molecule has 0 N–H and O–H groups in total. The topological polar surface area (TPSA) is 34.1 Å². The second-order valence-corrected chi connectivity index (χ2v) is 6.93. The largest absolute Gasteiger partial charge is 0.302 e. The lowest BCUT2D eigenvalue weighted by molar-refractivity contribution is -0.127. The van der Waals surface area contributed by atoms with Crippen molar-refractivity contribution in [1.82, 2.24) is 0 Å². The van der Waals surface area contributed by atoms with Gasteiger partial charge in [0.15, 0.2) is 5.78 Å². The first-order valence-corrected chi connectivity index (χ1v) is 8.56. The molecule has 0 aliphatic carbocycles. The molecule has 0 saturated carbocycles. The number of benzene rings is 2. The molecule has 0 aliphatic rings. The van der Waals surface area contributed by atoms with E-state index in [1.807, 2.05) is 38.1 Å². The number of carbonyl (C=O) groups excluding carboxylic acids is 2. The highest BCUT2D eigenvalue weighted by atomic mass is 16.1. The number of carbonyl (C=O) groups is 2. The van der Waals surface area contributed by atoms with Crippen molar-refractivity contribution < 1.29 is 9.59 Å². The summed E-state index contributed by atoms with van der Waals surface area (Å²) in [5.74, 6) is -0.372. The lowest BCUT2D eigenvalue weighted by Gasteiger charge is -2.16. The molecule has 0 aromatic heterocycles. The predicted molar refractivity (Wildman–Crippen MR) is 98.4 cm³/mol. The lowest BCUT2D eigenvalue weighted by atomic mass is 9.85. The molecule has 0 fully saturated rings. The van der Waals surface area contributed by atoms with Gasteiger partial charge in [-0.1, -0.05) is 74.9 Å². The standard InChI is InChI=1S/C22H26O2/c1-15(2)19-11-7-18(8-12-19)13-17(4)22(24)21(14-23)20-9-5-16(3)6-10-20/h5-12,14-15,17,21H,13H2,1-4H3. The van der Waals surface area contributed by atoms with Gasteiger partial charge in [-0.05, 0) is 36.0 Å². The zero-order valence-electron chi connectivity index (χ0n) is 15.0. The summed E-state index contributed by atoms with van der Waals surface area (Å²) in [6, 6.07) is 16.0. The minimum Gasteiger partial charge on any atom is -0.302 e. The Balaban J connectivity index is 2.09. The molecule has 2 rings (SSSR count). The van der Waals surface area contributed by atoms with Crippen LogP contribution in [-0.2, 0) is 16.0 Å². The van der Waals surface area contributed by atoms with Crippen LogP contribution >= 0.6 is 0 Å². The van der Waals surface area contributed by atoms with Crippen molar-refractivity contribution in [3.05, 3.63) is 70.8 Å². The van der Waals surface area contributed by atoms with Gasteiger partial charge in [0.2, 0.25) is 0 Å². The number of hydrogen-bond donors (Lipinski definition) is 0. The Morgan fingerprint density at radius 3 is 1.96 bits per heavy atom. The van der Waals surface area contributed by atoms with Gasteiger partial charge >= 0.3 is 0 Å². The van der Waals surface area contributed by atoms with Gasteiger partial charge in [-0.15, -0.1) is 0 Å². The first-order valence-electron chi connectivity index (χ1n) is 8.56. The van der Waals surface area contributed by atoms with Crippen molar-refractivity contribution >= 4 is 12.1 Å². The van der Waals surface area contributed by atoms with E-state index in [1.54, 1.807) is 0 Å². The van der Waals surface area contributed by atoms with Gasteiger partial charge in [0.05, 0.1) is 5.92 Å². The molecule has 2 nitrogen and oxygen atoms in total. The molecular weight excluding hydrogens is 296 g/mol. The Kier molecular flexibility index (Phi) is 6.08. The normalized spacial score (nSPS) is 13.5. The van der Waals surface area contributed by atoms with E-state index in [-0.39, 0.29) is 11.7 Å². The summed E-state index contributed by atoms with van der Waals surface area (Å²) in [5, 5.41) is 0. The van der Waals surface area contributed by atoms with Crippen LogP contribution in [0.1, 0.15) is 54.9 Å². The Bertz CT molecular complexity index is 681. The molecule has 2 aromatic rings. The summed E-state index contributed by atoms with van der Waals surface area (Å²) in [5.41, 5.74) is 4.33. The third-order valence-corrected chi connectivity index (χ3v) is 4.55. The highest BCUT2D eigenvalue weighted by molar-refractivity contribution is 6.00. The molecule has 2 unspecified atom stereocenters. The average Bonchev–Trinajstić information content (AvgIpc) is 2.57. The smallest absolute Gasteiger partial charge is 0.150 e. The average molecular weight is 322 g/mol. The maximum Gasteiger partial charge on any atom is 0.150 e. The molecule has 126 valence electrons. The number of Topliss-reactive ketones (excluding diaryl/α,β-unsaturated/α-hetero) is 1. The molecule has 2 aromatic carbocycles. The molecule has 0 amide bonds. The van der Waals surface area contributed by atoms with E-state index in [0.29, 0.717) is 12.3 Å². The lowest BCUT2D eigenvalue weighted by Crippen LogP contribution is -2.23. The van der Waals surface area contributed by atoms with Gasteiger partial charge in [0, 0.05) is 5.92 Å². The molecule has 0 aliphatic heterocycles. The number of aldehydes is 1. The number of hydrogen-bond acceptors (Lipinski definition) is 2. The number of aryl methyl sites for hydroxylation is 1. The summed E-state index contributed by atoms with van der Waals surface area (Å²) >= 11 is 0. The van der Waals surface area contributed by atoms with E-state index < -0.39 is 5.92 Å². The first-order chi connectivity index (χ1) is 11.4. The zero-order valence-corrected chi connectivity index (χ0v) is 15.0. The van der Waals surface area contributed by atoms with Crippen molar-refractivity contribution in [2.24, 2.45) is 5.92 Å². The summed E-state index contributed by atoms with van der Waals surface area (Å²) in [4.78, 5) is 24.2. The van der Waals surface area contributed by atoms with Crippen LogP contribution in [0.25, 0.3) is 0 Å². The van der Waals surface area contributed by atoms with Crippen molar-refractivity contribution in [3.8, 4) is 0 Å². The Morgan fingerprint density at radius 1 is 0.917 bits per heavy atom. The molecule has 2 heteroatoms. The maximum atomic E-state index is 12.7. The van der Waals surface area contributed by atoms with Crippen LogP contribution in [0.5, 0.6) is 0 Å². The van der Waals surface area contributed by atoms with E-state index >= 15 is 0 Å². The fraction of sp³-hybridized carbons (Fsp3) is 0.364. The molecule has 0 spiro atoms. The van der Waals surface area contributed by atoms with Crippen LogP contribution < -0.4 is 0 Å². The Hall–Kier alpha value is -2.22. The van der Waals surface area contributed by atoms with Crippen LogP contribution in [0.4, 0.5) is 0 Å². The van der Waals surface area contributed by atoms with Gasteiger partial charge in [-0.25, -0.2) is 0 Å². The molecule has 24 heavy (non-hydrogen) atoms. The van der Waals surface area contributed by atoms with E-state index in [9.17, 15) is 9.59 Å². The molecule has 0 saturated heterocycles. The maximum absolute atomic E-state index is 12.7. The van der Waals surface area contributed by atoms with E-state index in [1.165, 1.54) is 5.56 Å². The summed E-state index contributed by atoms with van der Waals surface area (Å²) in [6.07, 6.45) is 1.43. The van der Waals surface area contributed by atoms with Gasteiger partial charge in [-0.3, -0.25) is 4.79 Å². The fourth-order valence-corrected chi connectivity index (χ4v) is 2.88. The van der Waals surface area contributed by atoms with E-state index in [4.69, 9.17) is 0 Å².